The van der Waals surface area contributed by atoms with Gasteiger partial charge >= 0.3 is 12.3 Å². The van der Waals surface area contributed by atoms with Gasteiger partial charge in [-0.05, 0) is 12.1 Å². The lowest BCUT2D eigenvalue weighted by molar-refractivity contribution is -0.384. The van der Waals surface area contributed by atoms with Gasteiger partial charge in [0.2, 0.25) is 0 Å². The Bertz CT molecular complexity index is 468. The van der Waals surface area contributed by atoms with E-state index in [0.29, 0.717) is 0 Å². The van der Waals surface area contributed by atoms with E-state index < -0.39 is 29.5 Å². The zero-order chi connectivity index (χ0) is 14.6. The molecule has 0 spiro atoms. The average Bonchev–Trinajstić information content (AvgIpc) is 2.35. The van der Waals surface area contributed by atoms with Crippen LogP contribution in [0.2, 0.25) is 0 Å². The third-order valence-electron chi connectivity index (χ3n) is 2.24. The van der Waals surface area contributed by atoms with Crippen molar-refractivity contribution in [3.8, 4) is 5.75 Å². The van der Waals surface area contributed by atoms with Crippen LogP contribution in [0.3, 0.4) is 0 Å². The number of ether oxygens (including phenoxy) is 1. The zero-order valence-corrected chi connectivity index (χ0v) is 9.70. The lowest BCUT2D eigenvalue weighted by Crippen LogP contribution is -2.34. The highest BCUT2D eigenvalue weighted by atomic mass is 19.3. The number of nitrogens with zero attached hydrogens (tertiary/aromatic N) is 1. The van der Waals surface area contributed by atoms with Gasteiger partial charge in [0, 0.05) is 0 Å². The van der Waals surface area contributed by atoms with Gasteiger partial charge in [-0.1, -0.05) is 0 Å². The molecule has 106 valence electrons. The fourth-order valence-corrected chi connectivity index (χ4v) is 1.23. The average molecular weight is 282 g/mol. The third-order valence-corrected chi connectivity index (χ3v) is 2.24. The molecule has 0 aliphatic heterocycles. The second-order valence-electron chi connectivity index (χ2n) is 3.56. The highest BCUT2D eigenvalue weighted by Gasteiger charge is 2.40. The molecular formula is C10H10F4N2O3. The highest BCUT2D eigenvalue weighted by Crippen LogP contribution is 2.30. The molecule has 0 unspecified atom stereocenters. The van der Waals surface area contributed by atoms with Crippen LogP contribution < -0.4 is 10.1 Å². The van der Waals surface area contributed by atoms with Gasteiger partial charge in [0.05, 0.1) is 24.6 Å². The van der Waals surface area contributed by atoms with E-state index in [2.05, 4.69) is 0 Å². The molecule has 0 saturated heterocycles. The van der Waals surface area contributed by atoms with Crippen molar-refractivity contribution in [3.63, 3.8) is 0 Å². The summed E-state index contributed by atoms with van der Waals surface area (Å²) in [6.07, 6.45) is -3.85. The fourth-order valence-electron chi connectivity index (χ4n) is 1.23. The smallest absolute Gasteiger partial charge is 0.324 e. The molecule has 0 atom stereocenters. The van der Waals surface area contributed by atoms with Gasteiger partial charge < -0.3 is 10.1 Å². The van der Waals surface area contributed by atoms with E-state index in [1.54, 1.807) is 0 Å². The summed E-state index contributed by atoms with van der Waals surface area (Å²) in [5, 5.41) is 12.7. The molecule has 0 radical (unpaired) electrons. The maximum Gasteiger partial charge on any atom is 0.324 e. The molecule has 5 nitrogen and oxygen atoms in total. The molecule has 1 rings (SSSR count). The lowest BCUT2D eigenvalue weighted by Gasteiger charge is -2.16. The number of nitro benzene ring substituents is 1. The molecule has 1 aromatic carbocycles. The van der Waals surface area contributed by atoms with E-state index in [1.807, 2.05) is 5.32 Å². The number of nitro groups is 1. The molecular weight excluding hydrogens is 272 g/mol. The third kappa shape index (κ3) is 3.70. The van der Waals surface area contributed by atoms with Crippen LogP contribution in [0.5, 0.6) is 5.75 Å². The Morgan fingerprint density at radius 3 is 2.58 bits per heavy atom. The molecule has 0 aliphatic carbocycles. The van der Waals surface area contributed by atoms with Gasteiger partial charge in [-0.3, -0.25) is 10.1 Å². The summed E-state index contributed by atoms with van der Waals surface area (Å²) >= 11 is 0. The van der Waals surface area contributed by atoms with E-state index in [0.717, 1.165) is 12.1 Å². The summed E-state index contributed by atoms with van der Waals surface area (Å²) in [6.45, 7) is -1.40. The van der Waals surface area contributed by atoms with E-state index in [9.17, 15) is 27.7 Å². The number of rotatable bonds is 6. The van der Waals surface area contributed by atoms with E-state index in [-0.39, 0.29) is 11.4 Å². The highest BCUT2D eigenvalue weighted by molar-refractivity contribution is 5.64. The van der Waals surface area contributed by atoms with Gasteiger partial charge in [-0.2, -0.15) is 8.78 Å². The van der Waals surface area contributed by atoms with Crippen LogP contribution in [0.15, 0.2) is 18.2 Å². The number of halogens is 4. The molecule has 0 amide bonds. The molecule has 1 aromatic rings. The van der Waals surface area contributed by atoms with Crippen molar-refractivity contribution < 1.29 is 27.2 Å². The summed E-state index contributed by atoms with van der Waals surface area (Å²) in [7, 11) is 1.27. The summed E-state index contributed by atoms with van der Waals surface area (Å²) in [6, 6.07) is 3.40. The fraction of sp³-hybridized carbons (Fsp3) is 0.400. The molecule has 0 aliphatic rings. The standard InChI is InChI=1S/C10H10F4N2O3/c1-19-6-2-3-7(8(4-6)16(17)18)15-5-10(13,14)9(11)12/h2-4,9,15H,5H2,1H3. The summed E-state index contributed by atoms with van der Waals surface area (Å²) in [4.78, 5) is 9.89. The largest absolute Gasteiger partial charge is 0.496 e. The number of hydrogen-bond donors (Lipinski definition) is 1. The first-order chi connectivity index (χ1) is 8.77. The quantitative estimate of drug-likeness (QED) is 0.495. The minimum absolute atomic E-state index is 0.151. The van der Waals surface area contributed by atoms with Gasteiger partial charge in [-0.15, -0.1) is 0 Å². The first kappa shape index (κ1) is 15.0. The summed E-state index contributed by atoms with van der Waals surface area (Å²) in [5.74, 6) is -4.12. The number of nitrogens with one attached hydrogen (secondary N) is 1. The Kier molecular flexibility index (Phi) is 4.52. The predicted octanol–water partition coefficient (Wildman–Crippen LogP) is 2.92. The molecule has 1 N–H and O–H groups in total. The molecule has 0 aromatic heterocycles. The van der Waals surface area contributed by atoms with Crippen LogP contribution in [0.25, 0.3) is 0 Å². The number of alkyl halides is 4. The predicted molar refractivity (Wildman–Crippen MR) is 59.1 cm³/mol. The van der Waals surface area contributed by atoms with Gasteiger partial charge in [-0.25, -0.2) is 8.78 Å². The van der Waals surface area contributed by atoms with Crippen molar-refractivity contribution in [1.29, 1.82) is 0 Å². The summed E-state index contributed by atoms with van der Waals surface area (Å²) in [5.41, 5.74) is -0.824. The Morgan fingerprint density at radius 2 is 2.11 bits per heavy atom. The Balaban J connectivity index is 2.92. The van der Waals surface area contributed by atoms with E-state index in [1.165, 1.54) is 13.2 Å². The van der Waals surface area contributed by atoms with Crippen molar-refractivity contribution in [2.24, 2.45) is 0 Å². The van der Waals surface area contributed by atoms with Crippen LogP contribution in [0.1, 0.15) is 0 Å². The maximum absolute atomic E-state index is 12.7. The van der Waals surface area contributed by atoms with Crippen LogP contribution >= 0.6 is 0 Å². The minimum Gasteiger partial charge on any atom is -0.496 e. The Hall–Kier alpha value is -2.06. The first-order valence-electron chi connectivity index (χ1n) is 5.00. The van der Waals surface area contributed by atoms with E-state index >= 15 is 0 Å². The van der Waals surface area contributed by atoms with Gasteiger partial charge in [0.15, 0.2) is 0 Å². The normalized spacial score (nSPS) is 11.5. The number of anilines is 1. The zero-order valence-electron chi connectivity index (χ0n) is 9.70. The second kappa shape index (κ2) is 5.72. The number of hydrogen-bond acceptors (Lipinski definition) is 4. The van der Waals surface area contributed by atoms with Crippen molar-refractivity contribution >= 4 is 11.4 Å². The molecule has 0 saturated carbocycles. The van der Waals surface area contributed by atoms with Gasteiger partial charge in [0.25, 0.3) is 5.69 Å². The number of methoxy groups -OCH3 is 1. The minimum atomic E-state index is -4.27. The van der Waals surface area contributed by atoms with Crippen LogP contribution in [0, 0.1) is 10.1 Å². The van der Waals surface area contributed by atoms with Crippen molar-refractivity contribution in [2.45, 2.75) is 12.3 Å². The van der Waals surface area contributed by atoms with Crippen LogP contribution in [-0.2, 0) is 0 Å². The molecule has 0 heterocycles. The summed E-state index contributed by atoms with van der Waals surface area (Å²) < 4.78 is 54.0. The van der Waals surface area contributed by atoms with Crippen molar-refractivity contribution in [3.05, 3.63) is 28.3 Å². The maximum atomic E-state index is 12.7. The first-order valence-corrected chi connectivity index (χ1v) is 5.00. The molecule has 19 heavy (non-hydrogen) atoms. The lowest BCUT2D eigenvalue weighted by atomic mass is 10.2. The molecule has 0 bridgehead atoms. The Morgan fingerprint density at radius 1 is 1.47 bits per heavy atom. The van der Waals surface area contributed by atoms with Gasteiger partial charge in [0.1, 0.15) is 11.4 Å². The monoisotopic (exact) mass is 282 g/mol. The topological polar surface area (TPSA) is 64.4 Å². The van der Waals surface area contributed by atoms with E-state index in [4.69, 9.17) is 4.74 Å². The SMILES string of the molecule is COc1ccc(NCC(F)(F)C(F)F)c([N+](=O)[O-])c1. The van der Waals surface area contributed by atoms with Crippen LogP contribution in [-0.4, -0.2) is 30.9 Å². The second-order valence-corrected chi connectivity index (χ2v) is 3.56. The Labute approximate surface area is 105 Å². The van der Waals surface area contributed by atoms with Crippen LogP contribution in [0.4, 0.5) is 28.9 Å². The molecule has 9 heteroatoms. The van der Waals surface area contributed by atoms with Crippen molar-refractivity contribution in [1.82, 2.24) is 0 Å². The van der Waals surface area contributed by atoms with Crippen molar-refractivity contribution in [2.75, 3.05) is 19.0 Å². The number of benzene rings is 1. The molecule has 0 fully saturated rings.